The van der Waals surface area contributed by atoms with Crippen molar-refractivity contribution in [3.8, 4) is 34.5 Å². The Bertz CT molecular complexity index is 2140. The lowest BCUT2D eigenvalue weighted by molar-refractivity contribution is -0.396. The lowest BCUT2D eigenvalue weighted by Gasteiger charge is -2.33. The van der Waals surface area contributed by atoms with Gasteiger partial charge >= 0.3 is 29.9 Å². The molecule has 0 radical (unpaired) electrons. The zero-order valence-corrected chi connectivity index (χ0v) is 40.2. The van der Waals surface area contributed by atoms with E-state index in [-0.39, 0.29) is 18.1 Å². The largest absolute Gasteiger partial charge is 0.490 e. The highest BCUT2D eigenvalue weighted by atomic mass is 19.4. The molecule has 0 unspecified atom stereocenters. The normalized spacial score (nSPS) is 12.6. The summed E-state index contributed by atoms with van der Waals surface area (Å²) in [5.41, 5.74) is 0. The zero-order chi connectivity index (χ0) is 50.0. The molecule has 4 aromatic carbocycles. The van der Waals surface area contributed by atoms with Gasteiger partial charge in [0.1, 0.15) is 0 Å². The SMILES string of the molecule is CCCCCOc1cc2c3cc(OCCCCC)c(OCCCCC)cc3c3cc(OC(=O)CCCCC(F)(F)C(F)(F)C(F)(F)C(F)(F)F)c(OCCCCC)cc3c2cc1OCCCCC. The van der Waals surface area contributed by atoms with Crippen molar-refractivity contribution in [3.63, 3.8) is 0 Å². The van der Waals surface area contributed by atoms with Crippen molar-refractivity contribution in [3.05, 3.63) is 36.4 Å². The maximum Gasteiger partial charge on any atom is 0.460 e. The average Bonchev–Trinajstić information content (AvgIpc) is 3.29. The summed E-state index contributed by atoms with van der Waals surface area (Å²) in [5.74, 6) is -18.2. The van der Waals surface area contributed by atoms with Gasteiger partial charge in [0.25, 0.3) is 0 Å². The Kier molecular flexibility index (Phi) is 21.8. The van der Waals surface area contributed by atoms with Gasteiger partial charge in [0.05, 0.1) is 33.0 Å². The van der Waals surface area contributed by atoms with Crippen LogP contribution in [0.4, 0.5) is 39.5 Å². The van der Waals surface area contributed by atoms with Crippen LogP contribution in [0.2, 0.25) is 0 Å². The van der Waals surface area contributed by atoms with Crippen LogP contribution in [-0.2, 0) is 4.79 Å². The number of benzene rings is 4. The first-order chi connectivity index (χ1) is 32.4. The molecule has 0 aliphatic heterocycles. The fourth-order valence-electron chi connectivity index (χ4n) is 7.69. The Morgan fingerprint density at radius 2 is 0.662 bits per heavy atom. The van der Waals surface area contributed by atoms with Gasteiger partial charge in [0, 0.05) is 12.8 Å². The molecular weight excluding hydrogens is 908 g/mol. The smallest absolute Gasteiger partial charge is 0.460 e. The van der Waals surface area contributed by atoms with Gasteiger partial charge in [-0.15, -0.1) is 0 Å². The van der Waals surface area contributed by atoms with Crippen molar-refractivity contribution >= 4 is 38.3 Å². The molecule has 68 heavy (non-hydrogen) atoms. The molecule has 0 amide bonds. The number of halogens is 9. The fraction of sp³-hybridized carbons (Fsp3) is 0.635. The molecule has 0 N–H and O–H groups in total. The third-order valence-electron chi connectivity index (χ3n) is 11.7. The summed E-state index contributed by atoms with van der Waals surface area (Å²) in [4.78, 5) is 13.4. The molecule has 4 rings (SSSR count). The number of carbonyl (C=O) groups is 1. The number of ether oxygens (including phenoxy) is 6. The monoisotopic (exact) mass is 976 g/mol. The maximum atomic E-state index is 14.3. The van der Waals surface area contributed by atoms with E-state index in [1.807, 2.05) is 31.2 Å². The van der Waals surface area contributed by atoms with Crippen LogP contribution in [0, 0.1) is 0 Å². The average molecular weight is 977 g/mol. The summed E-state index contributed by atoms with van der Waals surface area (Å²) in [5, 5.41) is 4.33. The van der Waals surface area contributed by atoms with Gasteiger partial charge in [-0.3, -0.25) is 4.79 Å². The van der Waals surface area contributed by atoms with Crippen LogP contribution >= 0.6 is 0 Å². The van der Waals surface area contributed by atoms with Crippen molar-refractivity contribution in [2.24, 2.45) is 0 Å². The molecule has 0 spiro atoms. The predicted molar refractivity (Wildman–Crippen MR) is 249 cm³/mol. The van der Waals surface area contributed by atoms with Gasteiger partial charge in [-0.05, 0) is 114 Å². The minimum Gasteiger partial charge on any atom is -0.490 e. The highest BCUT2D eigenvalue weighted by Crippen LogP contribution is 2.54. The van der Waals surface area contributed by atoms with Crippen LogP contribution in [0.25, 0.3) is 32.3 Å². The summed E-state index contributed by atoms with van der Waals surface area (Å²) >= 11 is 0. The third kappa shape index (κ3) is 14.5. The van der Waals surface area contributed by atoms with Gasteiger partial charge in [0.2, 0.25) is 0 Å². The van der Waals surface area contributed by atoms with Gasteiger partial charge in [-0.2, -0.15) is 39.5 Å². The van der Waals surface area contributed by atoms with E-state index >= 15 is 0 Å². The summed E-state index contributed by atoms with van der Waals surface area (Å²) in [6.45, 7) is 12.5. The van der Waals surface area contributed by atoms with Crippen LogP contribution in [0.15, 0.2) is 36.4 Å². The van der Waals surface area contributed by atoms with E-state index in [4.69, 9.17) is 28.4 Å². The van der Waals surface area contributed by atoms with Gasteiger partial charge in [0.15, 0.2) is 34.5 Å². The van der Waals surface area contributed by atoms with Crippen LogP contribution in [0.1, 0.15) is 157 Å². The summed E-state index contributed by atoms with van der Waals surface area (Å²) in [7, 11) is 0. The van der Waals surface area contributed by atoms with Crippen molar-refractivity contribution < 1.29 is 72.7 Å². The Hall–Kier alpha value is -4.50. The first-order valence-electron chi connectivity index (χ1n) is 24.5. The summed E-state index contributed by atoms with van der Waals surface area (Å²) < 4.78 is 159. The van der Waals surface area contributed by atoms with E-state index < -0.39 is 55.6 Å². The fourth-order valence-corrected chi connectivity index (χ4v) is 7.69. The highest BCUT2D eigenvalue weighted by molar-refractivity contribution is 6.27. The molecule has 382 valence electrons. The van der Waals surface area contributed by atoms with Crippen LogP contribution in [0.3, 0.4) is 0 Å². The Balaban J connectivity index is 1.89. The number of alkyl halides is 9. The first-order valence-corrected chi connectivity index (χ1v) is 24.5. The van der Waals surface area contributed by atoms with Crippen molar-refractivity contribution in [1.29, 1.82) is 0 Å². The Morgan fingerprint density at radius 1 is 0.382 bits per heavy atom. The minimum atomic E-state index is -6.99. The number of esters is 1. The quantitative estimate of drug-likeness (QED) is 0.0155. The number of hydrogen-bond donors (Lipinski definition) is 0. The number of fused-ring (bicyclic) bond motifs is 6. The molecule has 0 fully saturated rings. The summed E-state index contributed by atoms with van der Waals surface area (Å²) in [6, 6.07) is 11.1. The van der Waals surface area contributed by atoms with E-state index in [1.165, 1.54) is 0 Å². The second-order valence-corrected chi connectivity index (χ2v) is 17.3. The molecule has 0 aliphatic rings. The minimum absolute atomic E-state index is 0.0430. The lowest BCUT2D eigenvalue weighted by atomic mass is 9.93. The van der Waals surface area contributed by atoms with Crippen molar-refractivity contribution in [1.82, 2.24) is 0 Å². The molecule has 7 nitrogen and oxygen atoms in total. The van der Waals surface area contributed by atoms with Crippen LogP contribution < -0.4 is 28.4 Å². The number of rotatable bonds is 33. The second kappa shape index (κ2) is 26.5. The molecule has 0 saturated heterocycles. The van der Waals surface area contributed by atoms with Crippen LogP contribution in [-0.4, -0.2) is 62.9 Å². The topological polar surface area (TPSA) is 72.5 Å². The number of carbonyl (C=O) groups excluding carboxylic acids is 1. The van der Waals surface area contributed by atoms with E-state index in [0.717, 1.165) is 106 Å². The van der Waals surface area contributed by atoms with E-state index in [0.29, 0.717) is 72.0 Å². The molecule has 16 heteroatoms. The van der Waals surface area contributed by atoms with Crippen LogP contribution in [0.5, 0.6) is 34.5 Å². The highest BCUT2D eigenvalue weighted by Gasteiger charge is 2.81. The van der Waals surface area contributed by atoms with Gasteiger partial charge in [-0.25, -0.2) is 0 Å². The van der Waals surface area contributed by atoms with E-state index in [2.05, 4.69) is 27.7 Å². The molecule has 0 atom stereocenters. The maximum absolute atomic E-state index is 14.3. The number of hydrogen-bond acceptors (Lipinski definition) is 7. The molecule has 0 bridgehead atoms. The molecule has 0 aliphatic carbocycles. The molecule has 0 aromatic heterocycles. The molecule has 0 saturated carbocycles. The second-order valence-electron chi connectivity index (χ2n) is 17.3. The lowest BCUT2D eigenvalue weighted by Crippen LogP contribution is -2.60. The first kappa shape index (κ1) is 56.1. The standard InChI is InChI=1S/C52H69F9O7/c1-6-11-18-25-63-42-30-36-37-31-43(64-26-19-12-7-2)45(66-28-21-14-9-4)33-39(37)41-35-47(68-48(62)23-16-17-24-49(53,54)50(55,56)51(57,58)52(59,60)61)46(67-29-22-15-10-5)34-40(41)38(36)32-44(42)65-27-20-13-8-3/h30-35H,6-29H2,1-5H3. The number of unbranched alkanes of at least 4 members (excludes halogenated alkanes) is 11. The van der Waals surface area contributed by atoms with Crippen molar-refractivity contribution in [2.45, 2.75) is 181 Å². The Labute approximate surface area is 394 Å². The van der Waals surface area contributed by atoms with E-state index in [1.54, 1.807) is 12.1 Å². The van der Waals surface area contributed by atoms with E-state index in [9.17, 15) is 44.3 Å². The molecule has 4 aromatic rings. The van der Waals surface area contributed by atoms with Gasteiger partial charge < -0.3 is 28.4 Å². The third-order valence-corrected chi connectivity index (χ3v) is 11.7. The molecule has 0 heterocycles. The zero-order valence-electron chi connectivity index (χ0n) is 40.2. The van der Waals surface area contributed by atoms with Crippen molar-refractivity contribution in [2.75, 3.05) is 33.0 Å². The Morgan fingerprint density at radius 3 is 0.941 bits per heavy atom. The predicted octanol–water partition coefficient (Wildman–Crippen LogP) is 16.9. The summed E-state index contributed by atoms with van der Waals surface area (Å²) in [6.07, 6.45) is 2.39. The van der Waals surface area contributed by atoms with Gasteiger partial charge in [-0.1, -0.05) is 98.8 Å². The molecular formula is C52H69F9O7.